The summed E-state index contributed by atoms with van der Waals surface area (Å²) >= 11 is 0. The number of benzene rings is 1. The molecule has 2 aromatic rings. The van der Waals surface area contributed by atoms with Crippen molar-refractivity contribution in [2.24, 2.45) is 0 Å². The highest BCUT2D eigenvalue weighted by molar-refractivity contribution is 5.97. The number of nitrogens with zero attached hydrogens (tertiary/aromatic N) is 3. The predicted octanol–water partition coefficient (Wildman–Crippen LogP) is 1.76. The lowest BCUT2D eigenvalue weighted by Gasteiger charge is -2.02. The lowest BCUT2D eigenvalue weighted by Crippen LogP contribution is -1.95. The van der Waals surface area contributed by atoms with Gasteiger partial charge >= 0.3 is 5.69 Å². The van der Waals surface area contributed by atoms with Crippen LogP contribution >= 0.6 is 0 Å². The highest BCUT2D eigenvalue weighted by Crippen LogP contribution is 2.39. The average Bonchev–Trinajstić information content (AvgIpc) is 2.29. The van der Waals surface area contributed by atoms with Gasteiger partial charge in [0.15, 0.2) is 0 Å². The van der Waals surface area contributed by atoms with E-state index in [9.17, 15) is 25.3 Å². The van der Waals surface area contributed by atoms with E-state index in [1.807, 2.05) is 0 Å². The van der Waals surface area contributed by atoms with E-state index in [0.29, 0.717) is 0 Å². The summed E-state index contributed by atoms with van der Waals surface area (Å²) < 4.78 is 0. The van der Waals surface area contributed by atoms with E-state index in [-0.39, 0.29) is 10.8 Å². The monoisotopic (exact) mass is 235 g/mol. The van der Waals surface area contributed by atoms with Crippen molar-refractivity contribution in [1.29, 1.82) is 0 Å². The number of hydrogen-bond acceptors (Lipinski definition) is 6. The first-order valence-electron chi connectivity index (χ1n) is 4.41. The normalized spacial score (nSPS) is 10.4. The van der Waals surface area contributed by atoms with Crippen LogP contribution in [-0.2, 0) is 0 Å². The van der Waals surface area contributed by atoms with Gasteiger partial charge in [-0.25, -0.2) is 0 Å². The fourth-order valence-corrected chi connectivity index (χ4v) is 1.51. The molecule has 0 saturated heterocycles. The summed E-state index contributed by atoms with van der Waals surface area (Å²) in [5, 5.41) is 31.1. The van der Waals surface area contributed by atoms with Crippen LogP contribution in [0.5, 0.6) is 5.75 Å². The number of aromatic hydroxyl groups is 1. The maximum absolute atomic E-state index is 10.8. The zero-order valence-electron chi connectivity index (χ0n) is 8.23. The van der Waals surface area contributed by atoms with Crippen LogP contribution in [0, 0.1) is 20.2 Å². The minimum atomic E-state index is -0.873. The molecule has 0 aliphatic carbocycles. The lowest BCUT2D eigenvalue weighted by molar-refractivity contribution is -0.393. The fourth-order valence-electron chi connectivity index (χ4n) is 1.51. The molecule has 86 valence electrons. The minimum absolute atomic E-state index is 0.0286. The second-order valence-electron chi connectivity index (χ2n) is 3.20. The summed E-state index contributed by atoms with van der Waals surface area (Å²) in [6, 6.07) is 2.00. The first kappa shape index (κ1) is 10.7. The van der Waals surface area contributed by atoms with Gasteiger partial charge in [0.2, 0.25) is 5.75 Å². The van der Waals surface area contributed by atoms with E-state index in [1.54, 1.807) is 0 Å². The number of nitro benzene ring substituents is 2. The van der Waals surface area contributed by atoms with Crippen LogP contribution in [0.1, 0.15) is 0 Å². The Labute approximate surface area is 93.4 Å². The third-order valence-corrected chi connectivity index (χ3v) is 2.26. The summed E-state index contributed by atoms with van der Waals surface area (Å²) in [5.41, 5.74) is -1.16. The number of pyridine rings is 1. The molecule has 0 radical (unpaired) electrons. The summed E-state index contributed by atoms with van der Waals surface area (Å²) in [5.74, 6) is -0.599. The van der Waals surface area contributed by atoms with Crippen molar-refractivity contribution in [3.63, 3.8) is 0 Å². The number of nitro groups is 2. The summed E-state index contributed by atoms with van der Waals surface area (Å²) in [6.07, 6.45) is 2.46. The van der Waals surface area contributed by atoms with Crippen molar-refractivity contribution >= 4 is 22.1 Å². The molecule has 0 aliphatic rings. The van der Waals surface area contributed by atoms with Crippen LogP contribution in [-0.4, -0.2) is 19.9 Å². The Balaban J connectivity index is 2.94. The molecule has 0 fully saturated rings. The van der Waals surface area contributed by atoms with Gasteiger partial charge in [0.1, 0.15) is 0 Å². The molecule has 17 heavy (non-hydrogen) atoms. The van der Waals surface area contributed by atoms with Gasteiger partial charge in [0.25, 0.3) is 5.69 Å². The Morgan fingerprint density at radius 1 is 1.12 bits per heavy atom. The molecule has 1 aromatic heterocycles. The van der Waals surface area contributed by atoms with Crippen molar-refractivity contribution in [3.8, 4) is 5.75 Å². The second-order valence-corrected chi connectivity index (χ2v) is 3.20. The van der Waals surface area contributed by atoms with Gasteiger partial charge < -0.3 is 5.11 Å². The van der Waals surface area contributed by atoms with E-state index < -0.39 is 27.0 Å². The summed E-state index contributed by atoms with van der Waals surface area (Å²) in [6.45, 7) is 0. The average molecular weight is 235 g/mol. The van der Waals surface area contributed by atoms with E-state index >= 15 is 0 Å². The molecule has 0 bridgehead atoms. The second kappa shape index (κ2) is 3.67. The maximum atomic E-state index is 10.8. The minimum Gasteiger partial charge on any atom is -0.502 e. The Bertz CT molecular complexity index is 640. The number of rotatable bonds is 2. The zero-order valence-corrected chi connectivity index (χ0v) is 8.23. The van der Waals surface area contributed by atoms with E-state index in [2.05, 4.69) is 4.98 Å². The molecule has 0 saturated carbocycles. The SMILES string of the molecule is O=[N+]([O-])c1cc([N+](=O)[O-])c2cnccc2c1O. The first-order valence-corrected chi connectivity index (χ1v) is 4.41. The molecule has 0 atom stereocenters. The van der Waals surface area contributed by atoms with Gasteiger partial charge in [0.05, 0.1) is 21.3 Å². The number of fused-ring (bicyclic) bond motifs is 1. The highest BCUT2D eigenvalue weighted by Gasteiger charge is 2.25. The Kier molecular flexibility index (Phi) is 2.32. The summed E-state index contributed by atoms with van der Waals surface area (Å²) in [7, 11) is 0. The van der Waals surface area contributed by atoms with Crippen LogP contribution in [0.4, 0.5) is 11.4 Å². The van der Waals surface area contributed by atoms with Crippen LogP contribution in [0.25, 0.3) is 10.8 Å². The van der Waals surface area contributed by atoms with Crippen LogP contribution in [0.15, 0.2) is 24.5 Å². The van der Waals surface area contributed by atoms with Crippen LogP contribution < -0.4 is 0 Å². The zero-order chi connectivity index (χ0) is 12.6. The molecule has 1 N–H and O–H groups in total. The topological polar surface area (TPSA) is 119 Å². The quantitative estimate of drug-likeness (QED) is 0.625. The van der Waals surface area contributed by atoms with Gasteiger partial charge in [-0.1, -0.05) is 0 Å². The third kappa shape index (κ3) is 1.61. The molecule has 1 heterocycles. The van der Waals surface area contributed by atoms with Crippen molar-refractivity contribution in [1.82, 2.24) is 4.98 Å². The first-order chi connectivity index (χ1) is 8.02. The molecule has 8 heteroatoms. The van der Waals surface area contributed by atoms with Crippen molar-refractivity contribution in [2.75, 3.05) is 0 Å². The van der Waals surface area contributed by atoms with Gasteiger partial charge in [-0.05, 0) is 6.07 Å². The van der Waals surface area contributed by atoms with Crippen molar-refractivity contribution in [3.05, 3.63) is 44.8 Å². The number of aromatic nitrogens is 1. The van der Waals surface area contributed by atoms with Gasteiger partial charge in [-0.3, -0.25) is 25.2 Å². The standard InChI is InChI=1S/C9H5N3O5/c13-9-5-1-2-10-4-6(5)7(11(14)15)3-8(9)12(16)17/h1-4,13H. The fraction of sp³-hybridized carbons (Fsp3) is 0. The molecule has 2 rings (SSSR count). The van der Waals surface area contributed by atoms with Crippen molar-refractivity contribution in [2.45, 2.75) is 0 Å². The van der Waals surface area contributed by atoms with Gasteiger partial charge in [-0.15, -0.1) is 0 Å². The lowest BCUT2D eigenvalue weighted by atomic mass is 10.1. The van der Waals surface area contributed by atoms with Gasteiger partial charge in [0, 0.05) is 17.8 Å². The summed E-state index contributed by atoms with van der Waals surface area (Å²) in [4.78, 5) is 23.5. The molecular formula is C9H5N3O5. The molecule has 0 spiro atoms. The molecular weight excluding hydrogens is 230 g/mol. The van der Waals surface area contributed by atoms with Gasteiger partial charge in [-0.2, -0.15) is 0 Å². The number of hydrogen-bond donors (Lipinski definition) is 1. The molecule has 0 amide bonds. The van der Waals surface area contributed by atoms with Crippen LogP contribution in [0.3, 0.4) is 0 Å². The van der Waals surface area contributed by atoms with E-state index in [1.165, 1.54) is 18.5 Å². The van der Waals surface area contributed by atoms with Crippen LogP contribution in [0.2, 0.25) is 0 Å². The number of phenolic OH excluding ortho intramolecular Hbond substituents is 1. The molecule has 0 aliphatic heterocycles. The van der Waals surface area contributed by atoms with E-state index in [4.69, 9.17) is 0 Å². The Hall–Kier alpha value is -2.77. The number of phenols is 1. The van der Waals surface area contributed by atoms with Crippen molar-refractivity contribution < 1.29 is 15.0 Å². The van der Waals surface area contributed by atoms with E-state index in [0.717, 1.165) is 6.07 Å². The molecule has 0 unspecified atom stereocenters. The third-order valence-electron chi connectivity index (χ3n) is 2.26. The largest absolute Gasteiger partial charge is 0.502 e. The Morgan fingerprint density at radius 3 is 2.35 bits per heavy atom. The smallest absolute Gasteiger partial charge is 0.318 e. The predicted molar refractivity (Wildman–Crippen MR) is 56.7 cm³/mol. The molecule has 8 nitrogen and oxygen atoms in total. The molecule has 1 aromatic carbocycles. The maximum Gasteiger partial charge on any atom is 0.318 e. The Morgan fingerprint density at radius 2 is 1.76 bits per heavy atom. The highest BCUT2D eigenvalue weighted by atomic mass is 16.6. The number of non-ortho nitro benzene ring substituents is 1.